The van der Waals surface area contributed by atoms with Gasteiger partial charge >= 0.3 is 19.5 Å². The zero-order chi connectivity index (χ0) is 46.4. The highest BCUT2D eigenvalue weighted by molar-refractivity contribution is 7.53. The van der Waals surface area contributed by atoms with Crippen molar-refractivity contribution in [2.45, 2.75) is 245 Å². The predicted molar refractivity (Wildman–Crippen MR) is 244 cm³/mol. The third kappa shape index (κ3) is 37.7. The summed E-state index contributed by atoms with van der Waals surface area (Å²) in [5.41, 5.74) is 3.73. The summed E-state index contributed by atoms with van der Waals surface area (Å²) in [5.74, 6) is -2.06. The van der Waals surface area contributed by atoms with E-state index in [0.717, 1.165) is 51.4 Å². The van der Waals surface area contributed by atoms with Gasteiger partial charge in [-0.3, -0.25) is 23.7 Å². The van der Waals surface area contributed by atoms with Gasteiger partial charge in [-0.25, -0.2) is 4.79 Å². The molecule has 0 radical (unpaired) electrons. The van der Waals surface area contributed by atoms with Gasteiger partial charge in [-0.1, -0.05) is 83.5 Å². The number of esters is 1. The van der Waals surface area contributed by atoms with Gasteiger partial charge in [0, 0.05) is 32.4 Å². The van der Waals surface area contributed by atoms with Crippen LogP contribution in [0.4, 0.5) is 0 Å². The number of unbranched alkanes of at least 4 members (excludes halogenated alkanes) is 16. The number of ether oxygens (including phenoxy) is 1. The Morgan fingerprint density at radius 3 is 1.36 bits per heavy atom. The average Bonchev–Trinajstić information content (AvgIpc) is 3.11. The first-order valence-electron chi connectivity index (χ1n) is 23.5. The first kappa shape index (κ1) is 58.5. The van der Waals surface area contributed by atoms with E-state index in [1.807, 2.05) is 41.5 Å². The quantitative estimate of drug-likeness (QED) is 0.0227. The second kappa shape index (κ2) is 32.2. The lowest BCUT2D eigenvalue weighted by atomic mass is 10.0. The highest BCUT2D eigenvalue weighted by atomic mass is 31.2. The summed E-state index contributed by atoms with van der Waals surface area (Å²) < 4.78 is 30.6. The van der Waals surface area contributed by atoms with Crippen LogP contribution in [-0.4, -0.2) is 82.9 Å². The molecule has 61 heavy (non-hydrogen) atoms. The summed E-state index contributed by atoms with van der Waals surface area (Å²) in [5, 5.41) is 17.3. The molecular formula is C46H89N4O10P. The molecule has 0 rings (SSSR count). The van der Waals surface area contributed by atoms with E-state index in [2.05, 4.69) is 16.0 Å². The van der Waals surface area contributed by atoms with Gasteiger partial charge in [-0.2, -0.15) is 0 Å². The minimum Gasteiger partial charge on any atom is -0.480 e. The number of aliphatic carboxylic acids is 1. The van der Waals surface area contributed by atoms with Gasteiger partial charge < -0.3 is 40.6 Å². The van der Waals surface area contributed by atoms with E-state index in [0.29, 0.717) is 64.2 Å². The highest BCUT2D eigenvalue weighted by Crippen LogP contribution is 2.55. The van der Waals surface area contributed by atoms with Crippen LogP contribution in [0.25, 0.3) is 0 Å². The summed E-state index contributed by atoms with van der Waals surface area (Å²) >= 11 is 0. The molecule has 0 fully saturated rings. The van der Waals surface area contributed by atoms with Crippen LogP contribution in [0, 0.1) is 0 Å². The molecule has 2 atom stereocenters. The van der Waals surface area contributed by atoms with E-state index in [1.165, 1.54) is 44.9 Å². The summed E-state index contributed by atoms with van der Waals surface area (Å²) in [7, 11) is -3.14. The molecule has 0 aromatic heterocycles. The molecule has 0 spiro atoms. The Morgan fingerprint density at radius 1 is 0.525 bits per heavy atom. The van der Waals surface area contributed by atoms with Crippen LogP contribution < -0.4 is 21.7 Å². The van der Waals surface area contributed by atoms with Crippen molar-refractivity contribution in [3.05, 3.63) is 0 Å². The fourth-order valence-corrected chi connectivity index (χ4v) is 9.15. The van der Waals surface area contributed by atoms with Gasteiger partial charge in [0.05, 0.1) is 17.4 Å². The standard InChI is InChI=1S/C46H89N4O10P/c1-44(2,3)58-43(56)38(32-33-40(52)49-34-26-22-24-30-39(51)48-35-27-25-29-37(47)42(54)55)50-41(53)31-23-20-18-16-14-12-10-11-13-15-17-19-21-28-36-61(57,59-45(4,5)6)60-46(7,8)9/h37-38H,10-36,47H2,1-9H3,(H,48,51)(H,49,52)(H,50,53)(H,54,55)/t37-,38?/m0/s1. The molecule has 3 amide bonds. The zero-order valence-corrected chi connectivity index (χ0v) is 40.8. The van der Waals surface area contributed by atoms with Crippen LogP contribution in [0.15, 0.2) is 0 Å². The molecular weight excluding hydrogens is 799 g/mol. The van der Waals surface area contributed by atoms with Crippen LogP contribution in [-0.2, 0) is 42.3 Å². The van der Waals surface area contributed by atoms with Crippen molar-refractivity contribution in [2.75, 3.05) is 19.3 Å². The molecule has 0 heterocycles. The number of hydrogen-bond donors (Lipinski definition) is 5. The topological polar surface area (TPSA) is 212 Å². The van der Waals surface area contributed by atoms with Gasteiger partial charge in [-0.05, 0) is 114 Å². The number of carboxylic acids is 1. The predicted octanol–water partition coefficient (Wildman–Crippen LogP) is 9.64. The largest absolute Gasteiger partial charge is 0.480 e. The number of nitrogens with two attached hydrogens (primary N) is 1. The SMILES string of the molecule is CC(C)(C)OC(=O)C(CCC(=O)NCCCCCC(=O)NCCCC[C@H](N)C(=O)O)NC(=O)CCCCCCCCCCCCCCCCP(=O)(OC(C)(C)C)OC(C)(C)C. The van der Waals surface area contributed by atoms with E-state index in [9.17, 15) is 28.5 Å². The molecule has 1 unspecified atom stereocenters. The lowest BCUT2D eigenvalue weighted by Gasteiger charge is -2.32. The Morgan fingerprint density at radius 2 is 0.918 bits per heavy atom. The monoisotopic (exact) mass is 889 g/mol. The molecule has 0 saturated carbocycles. The molecule has 0 aliphatic carbocycles. The Hall–Kier alpha value is -2.54. The third-order valence-corrected chi connectivity index (χ3v) is 12.1. The minimum absolute atomic E-state index is 0.0587. The van der Waals surface area contributed by atoms with Crippen molar-refractivity contribution in [3.8, 4) is 0 Å². The molecule has 0 saturated heterocycles. The normalized spacial score (nSPS) is 13.3. The van der Waals surface area contributed by atoms with E-state index in [4.69, 9.17) is 24.6 Å². The Labute approximate surface area is 370 Å². The van der Waals surface area contributed by atoms with Crippen LogP contribution in [0.1, 0.15) is 216 Å². The van der Waals surface area contributed by atoms with Crippen LogP contribution >= 0.6 is 7.60 Å². The molecule has 0 aromatic carbocycles. The number of hydrogen-bond acceptors (Lipinski definition) is 10. The lowest BCUT2D eigenvalue weighted by Crippen LogP contribution is -2.44. The number of carbonyl (C=O) groups excluding carboxylic acids is 4. The molecule has 0 aliphatic heterocycles. The van der Waals surface area contributed by atoms with Gasteiger partial charge in [0.25, 0.3) is 0 Å². The number of rotatable bonds is 36. The summed E-state index contributed by atoms with van der Waals surface area (Å²) in [6, 6.07) is -1.78. The smallest absolute Gasteiger partial charge is 0.331 e. The maximum atomic E-state index is 13.3. The van der Waals surface area contributed by atoms with Gasteiger partial charge in [0.2, 0.25) is 17.7 Å². The van der Waals surface area contributed by atoms with Crippen molar-refractivity contribution in [1.82, 2.24) is 16.0 Å². The van der Waals surface area contributed by atoms with Crippen molar-refractivity contribution in [3.63, 3.8) is 0 Å². The Balaban J connectivity index is 4.15. The molecule has 358 valence electrons. The van der Waals surface area contributed by atoms with E-state index in [-0.39, 0.29) is 30.6 Å². The van der Waals surface area contributed by atoms with Crippen LogP contribution in [0.2, 0.25) is 0 Å². The molecule has 0 aliphatic rings. The molecule has 0 aromatic rings. The Kier molecular flexibility index (Phi) is 30.8. The van der Waals surface area contributed by atoms with Crippen molar-refractivity contribution < 1.29 is 47.4 Å². The van der Waals surface area contributed by atoms with E-state index in [1.54, 1.807) is 20.8 Å². The second-order valence-corrected chi connectivity index (χ2v) is 21.6. The molecule has 14 nitrogen and oxygen atoms in total. The highest BCUT2D eigenvalue weighted by Gasteiger charge is 2.34. The molecule has 0 bridgehead atoms. The van der Waals surface area contributed by atoms with Gasteiger partial charge in [0.15, 0.2) is 0 Å². The molecule has 15 heteroatoms. The molecule has 6 N–H and O–H groups in total. The van der Waals surface area contributed by atoms with Crippen molar-refractivity contribution >= 4 is 37.3 Å². The van der Waals surface area contributed by atoms with E-state index < -0.39 is 48.4 Å². The van der Waals surface area contributed by atoms with Crippen LogP contribution in [0.5, 0.6) is 0 Å². The first-order chi connectivity index (χ1) is 28.4. The first-order valence-corrected chi connectivity index (χ1v) is 25.2. The second-order valence-electron chi connectivity index (χ2n) is 19.6. The zero-order valence-electron chi connectivity index (χ0n) is 39.9. The number of amides is 3. The maximum absolute atomic E-state index is 13.3. The fraction of sp³-hybridized carbons (Fsp3) is 0.891. The van der Waals surface area contributed by atoms with Crippen LogP contribution in [0.3, 0.4) is 0 Å². The van der Waals surface area contributed by atoms with Gasteiger partial charge in [-0.15, -0.1) is 0 Å². The minimum atomic E-state index is -3.14. The van der Waals surface area contributed by atoms with Gasteiger partial charge in [0.1, 0.15) is 17.7 Å². The average molecular weight is 889 g/mol. The Bertz CT molecular complexity index is 1270. The third-order valence-electron chi connectivity index (χ3n) is 9.58. The fourth-order valence-electron chi connectivity index (χ4n) is 6.65. The number of carboxylic acid groups (broad SMARTS) is 1. The maximum Gasteiger partial charge on any atom is 0.331 e. The number of carbonyl (C=O) groups is 5. The van der Waals surface area contributed by atoms with Crippen molar-refractivity contribution in [2.24, 2.45) is 5.73 Å². The van der Waals surface area contributed by atoms with Crippen molar-refractivity contribution in [1.29, 1.82) is 0 Å². The van der Waals surface area contributed by atoms with E-state index >= 15 is 0 Å². The number of nitrogens with one attached hydrogen (secondary N) is 3. The summed E-state index contributed by atoms with van der Waals surface area (Å²) in [4.78, 5) is 61.0. The lowest BCUT2D eigenvalue weighted by molar-refractivity contribution is -0.159. The summed E-state index contributed by atoms with van der Waals surface area (Å²) in [6.07, 6.45) is 20.6. The summed E-state index contributed by atoms with van der Waals surface area (Å²) in [6.45, 7) is 17.7.